The van der Waals surface area contributed by atoms with Crippen LogP contribution in [0.15, 0.2) is 47.5 Å². The van der Waals surface area contributed by atoms with Crippen molar-refractivity contribution < 1.29 is 9.18 Å². The molecule has 0 unspecified atom stereocenters. The molecule has 2 aromatic carbocycles. The standard InChI is InChI=1S/C20H19ClFNO/c1-12(2)9-18-19(24)10-13-7-8-14(21)11-16(13)20(23-18)15-5-3-4-6-17(15)22/h3-8,11-12,18H,9-10H2,1-2H3/t18-/m0/s1. The molecule has 0 saturated carbocycles. The Hall–Kier alpha value is -2.00. The first-order valence-corrected chi connectivity index (χ1v) is 8.47. The van der Waals surface area contributed by atoms with Gasteiger partial charge in [-0.25, -0.2) is 4.39 Å². The van der Waals surface area contributed by atoms with Crippen LogP contribution in [0.1, 0.15) is 37.0 Å². The van der Waals surface area contributed by atoms with E-state index in [4.69, 9.17) is 11.6 Å². The Balaban J connectivity index is 2.21. The molecule has 2 nitrogen and oxygen atoms in total. The van der Waals surface area contributed by atoms with Gasteiger partial charge in [0, 0.05) is 22.6 Å². The summed E-state index contributed by atoms with van der Waals surface area (Å²) in [6.07, 6.45) is 0.948. The Labute approximate surface area is 146 Å². The maximum atomic E-state index is 14.4. The molecule has 1 aliphatic heterocycles. The molecule has 0 aliphatic carbocycles. The largest absolute Gasteiger partial charge is 0.297 e. The number of hydrogen-bond donors (Lipinski definition) is 0. The predicted octanol–water partition coefficient (Wildman–Crippen LogP) is 4.86. The molecule has 0 amide bonds. The number of halogens is 2. The average Bonchev–Trinajstić information content (AvgIpc) is 2.65. The molecule has 1 atom stereocenters. The van der Waals surface area contributed by atoms with E-state index in [1.165, 1.54) is 6.07 Å². The molecule has 24 heavy (non-hydrogen) atoms. The van der Waals surface area contributed by atoms with Crippen LogP contribution in [0.5, 0.6) is 0 Å². The second kappa shape index (κ2) is 6.86. The van der Waals surface area contributed by atoms with Gasteiger partial charge >= 0.3 is 0 Å². The minimum Gasteiger partial charge on any atom is -0.297 e. The van der Waals surface area contributed by atoms with Crippen LogP contribution in [-0.4, -0.2) is 17.5 Å². The van der Waals surface area contributed by atoms with Gasteiger partial charge in [0.2, 0.25) is 0 Å². The second-order valence-corrected chi connectivity index (χ2v) is 6.98. The lowest BCUT2D eigenvalue weighted by atomic mass is 9.94. The highest BCUT2D eigenvalue weighted by Gasteiger charge is 2.27. The minimum absolute atomic E-state index is 0.0682. The molecule has 0 saturated heterocycles. The van der Waals surface area contributed by atoms with Gasteiger partial charge in [-0.1, -0.05) is 43.6 Å². The Kier molecular flexibility index (Phi) is 4.81. The lowest BCUT2D eigenvalue weighted by molar-refractivity contribution is -0.119. The molecule has 0 bridgehead atoms. The quantitative estimate of drug-likeness (QED) is 0.782. The summed E-state index contributed by atoms with van der Waals surface area (Å²) in [6, 6.07) is 11.4. The summed E-state index contributed by atoms with van der Waals surface area (Å²) < 4.78 is 14.4. The van der Waals surface area contributed by atoms with Crippen molar-refractivity contribution in [1.82, 2.24) is 0 Å². The zero-order valence-corrected chi connectivity index (χ0v) is 14.5. The minimum atomic E-state index is -0.453. The lowest BCUT2D eigenvalue weighted by Crippen LogP contribution is -2.22. The number of benzene rings is 2. The first kappa shape index (κ1) is 16.8. The number of ketones is 1. The van der Waals surface area contributed by atoms with Crippen molar-refractivity contribution >= 4 is 23.1 Å². The molecule has 2 aromatic rings. The highest BCUT2D eigenvalue weighted by Crippen LogP contribution is 2.27. The van der Waals surface area contributed by atoms with Crippen LogP contribution in [0, 0.1) is 11.7 Å². The van der Waals surface area contributed by atoms with Gasteiger partial charge in [0.25, 0.3) is 0 Å². The van der Waals surface area contributed by atoms with E-state index in [1.54, 1.807) is 30.3 Å². The topological polar surface area (TPSA) is 29.4 Å². The van der Waals surface area contributed by atoms with Gasteiger partial charge < -0.3 is 0 Å². The molecule has 0 fully saturated rings. The van der Waals surface area contributed by atoms with Crippen LogP contribution in [0.3, 0.4) is 0 Å². The Morgan fingerprint density at radius 3 is 2.67 bits per heavy atom. The number of carbonyl (C=O) groups is 1. The zero-order valence-electron chi connectivity index (χ0n) is 13.7. The number of fused-ring (bicyclic) bond motifs is 1. The van der Waals surface area contributed by atoms with Crippen LogP contribution >= 0.6 is 11.6 Å². The average molecular weight is 344 g/mol. The predicted molar refractivity (Wildman–Crippen MR) is 95.4 cm³/mol. The van der Waals surface area contributed by atoms with Gasteiger partial charge in [0.05, 0.1) is 5.71 Å². The summed E-state index contributed by atoms with van der Waals surface area (Å²) in [6.45, 7) is 4.11. The monoisotopic (exact) mass is 343 g/mol. The van der Waals surface area contributed by atoms with Gasteiger partial charge in [-0.3, -0.25) is 9.79 Å². The fraction of sp³-hybridized carbons (Fsp3) is 0.300. The van der Waals surface area contributed by atoms with Crippen molar-refractivity contribution in [2.75, 3.05) is 0 Å². The summed E-state index contributed by atoms with van der Waals surface area (Å²) in [5.74, 6) is 0.0489. The van der Waals surface area contributed by atoms with Gasteiger partial charge in [-0.05, 0) is 42.2 Å². The normalized spacial score (nSPS) is 17.5. The van der Waals surface area contributed by atoms with Crippen molar-refractivity contribution in [3.05, 3.63) is 70.0 Å². The van der Waals surface area contributed by atoms with Gasteiger partial charge in [0.1, 0.15) is 11.9 Å². The van der Waals surface area contributed by atoms with Crippen LogP contribution in [0.4, 0.5) is 4.39 Å². The van der Waals surface area contributed by atoms with Gasteiger partial charge in [-0.2, -0.15) is 0 Å². The summed E-state index contributed by atoms with van der Waals surface area (Å²) >= 11 is 6.15. The van der Waals surface area contributed by atoms with E-state index in [1.807, 2.05) is 6.07 Å². The third-order valence-corrected chi connectivity index (χ3v) is 4.41. The van der Waals surface area contributed by atoms with Crippen LogP contribution in [-0.2, 0) is 11.2 Å². The van der Waals surface area contributed by atoms with E-state index < -0.39 is 6.04 Å². The summed E-state index contributed by atoms with van der Waals surface area (Å²) in [7, 11) is 0. The second-order valence-electron chi connectivity index (χ2n) is 6.55. The smallest absolute Gasteiger partial charge is 0.161 e. The number of carbonyl (C=O) groups excluding carboxylic acids is 1. The van der Waals surface area contributed by atoms with E-state index in [9.17, 15) is 9.18 Å². The fourth-order valence-electron chi connectivity index (χ4n) is 3.02. The lowest BCUT2D eigenvalue weighted by Gasteiger charge is -2.14. The first-order valence-electron chi connectivity index (χ1n) is 8.10. The molecule has 124 valence electrons. The van der Waals surface area contributed by atoms with Crippen LogP contribution < -0.4 is 0 Å². The maximum Gasteiger partial charge on any atom is 0.161 e. The van der Waals surface area contributed by atoms with Crippen LogP contribution in [0.25, 0.3) is 0 Å². The Morgan fingerprint density at radius 1 is 1.21 bits per heavy atom. The molecule has 1 aliphatic rings. The molecular formula is C20H19ClFNO. The molecule has 0 radical (unpaired) electrons. The molecule has 4 heteroatoms. The number of Topliss-reactive ketones (excluding diaryl/α,β-unsaturated/α-hetero) is 1. The van der Waals surface area contributed by atoms with Gasteiger partial charge in [-0.15, -0.1) is 0 Å². The third kappa shape index (κ3) is 3.41. The molecule has 0 spiro atoms. The molecular weight excluding hydrogens is 325 g/mol. The number of hydrogen-bond acceptors (Lipinski definition) is 2. The third-order valence-electron chi connectivity index (χ3n) is 4.17. The molecule has 0 N–H and O–H groups in total. The maximum absolute atomic E-state index is 14.4. The molecule has 1 heterocycles. The summed E-state index contributed by atoms with van der Waals surface area (Å²) in [4.78, 5) is 17.3. The van der Waals surface area contributed by atoms with Crippen molar-refractivity contribution in [2.45, 2.75) is 32.7 Å². The van der Waals surface area contributed by atoms with E-state index in [2.05, 4.69) is 18.8 Å². The van der Waals surface area contributed by atoms with Crippen LogP contribution in [0.2, 0.25) is 5.02 Å². The molecule has 3 rings (SSSR count). The van der Waals surface area contributed by atoms with E-state index in [-0.39, 0.29) is 11.6 Å². The summed E-state index contributed by atoms with van der Waals surface area (Å²) in [5, 5.41) is 0.549. The SMILES string of the molecule is CC(C)C[C@@H]1N=C(c2ccccc2F)c2cc(Cl)ccc2CC1=O. The van der Waals surface area contributed by atoms with Crippen molar-refractivity contribution in [3.63, 3.8) is 0 Å². The Morgan fingerprint density at radius 2 is 1.96 bits per heavy atom. The number of aliphatic imine (C=N–C) groups is 1. The van der Waals surface area contributed by atoms with E-state index in [0.717, 1.165) is 11.1 Å². The van der Waals surface area contributed by atoms with E-state index >= 15 is 0 Å². The highest BCUT2D eigenvalue weighted by atomic mass is 35.5. The number of rotatable bonds is 3. The fourth-order valence-corrected chi connectivity index (χ4v) is 3.20. The van der Waals surface area contributed by atoms with Gasteiger partial charge in [0.15, 0.2) is 5.78 Å². The van der Waals surface area contributed by atoms with Crippen molar-refractivity contribution in [3.8, 4) is 0 Å². The first-order chi connectivity index (χ1) is 11.5. The van der Waals surface area contributed by atoms with E-state index in [0.29, 0.717) is 35.1 Å². The van der Waals surface area contributed by atoms with Crippen molar-refractivity contribution in [1.29, 1.82) is 0 Å². The zero-order chi connectivity index (χ0) is 17.3. The van der Waals surface area contributed by atoms with Crippen molar-refractivity contribution in [2.24, 2.45) is 10.9 Å². The Bertz CT molecular complexity index is 813. The molecule has 0 aromatic heterocycles. The summed E-state index contributed by atoms with van der Waals surface area (Å²) in [5.41, 5.74) is 2.51. The number of nitrogens with zero attached hydrogens (tertiary/aromatic N) is 1. The highest BCUT2D eigenvalue weighted by molar-refractivity contribution is 6.31.